The number of carbonyl (C=O) groups excluding carboxylic acids is 1. The number of benzene rings is 1. The molecular formula is C20H23N3O. The molecule has 2 saturated carbocycles. The molecule has 0 aliphatic heterocycles. The largest absolute Gasteiger partial charge is 0.330 e. The summed E-state index contributed by atoms with van der Waals surface area (Å²) in [5.41, 5.74) is 1.96. The first-order chi connectivity index (χ1) is 11.8. The molecule has 0 saturated heterocycles. The predicted molar refractivity (Wildman–Crippen MR) is 93.3 cm³/mol. The third-order valence-corrected chi connectivity index (χ3v) is 5.05. The van der Waals surface area contributed by atoms with Crippen LogP contribution in [0.4, 0.5) is 4.79 Å². The van der Waals surface area contributed by atoms with E-state index in [0.717, 1.165) is 30.9 Å². The molecule has 0 radical (unpaired) electrons. The van der Waals surface area contributed by atoms with E-state index in [1.807, 2.05) is 36.4 Å². The summed E-state index contributed by atoms with van der Waals surface area (Å²) in [6.45, 7) is 0. The summed E-state index contributed by atoms with van der Waals surface area (Å²) in [6.07, 6.45) is 7.30. The molecule has 1 atom stereocenters. The van der Waals surface area contributed by atoms with Crippen molar-refractivity contribution in [2.75, 3.05) is 0 Å². The highest BCUT2D eigenvalue weighted by Crippen LogP contribution is 2.45. The maximum absolute atomic E-state index is 12.6. The molecule has 4 rings (SSSR count). The van der Waals surface area contributed by atoms with Gasteiger partial charge in [-0.3, -0.25) is 4.98 Å². The van der Waals surface area contributed by atoms with Crippen LogP contribution in [0.5, 0.6) is 0 Å². The smallest absolute Gasteiger partial charge is 0.316 e. The van der Waals surface area contributed by atoms with Crippen molar-refractivity contribution in [2.24, 2.45) is 5.92 Å². The van der Waals surface area contributed by atoms with Gasteiger partial charge in [-0.25, -0.2) is 4.79 Å². The average Bonchev–Trinajstić information content (AvgIpc) is 3.53. The van der Waals surface area contributed by atoms with Crippen molar-refractivity contribution in [2.45, 2.75) is 43.7 Å². The number of nitrogens with one attached hydrogen (secondary N) is 2. The van der Waals surface area contributed by atoms with Crippen molar-refractivity contribution in [3.8, 4) is 0 Å². The zero-order valence-electron chi connectivity index (χ0n) is 13.7. The van der Waals surface area contributed by atoms with Gasteiger partial charge in [-0.05, 0) is 42.9 Å². The Hall–Kier alpha value is -2.36. The molecule has 1 aromatic heterocycles. The van der Waals surface area contributed by atoms with Crippen LogP contribution in [0.2, 0.25) is 0 Å². The van der Waals surface area contributed by atoms with Gasteiger partial charge in [0, 0.05) is 6.20 Å². The normalized spacial score (nSPS) is 19.3. The van der Waals surface area contributed by atoms with Crippen LogP contribution in [0.15, 0.2) is 54.7 Å². The van der Waals surface area contributed by atoms with E-state index in [0.29, 0.717) is 0 Å². The van der Waals surface area contributed by atoms with Gasteiger partial charge in [0.05, 0.1) is 17.3 Å². The lowest BCUT2D eigenvalue weighted by molar-refractivity contribution is 0.230. The molecule has 4 heteroatoms. The Morgan fingerprint density at radius 1 is 1.12 bits per heavy atom. The zero-order valence-corrected chi connectivity index (χ0v) is 13.7. The van der Waals surface area contributed by atoms with Crippen molar-refractivity contribution in [3.05, 3.63) is 66.0 Å². The Morgan fingerprint density at radius 3 is 2.50 bits per heavy atom. The van der Waals surface area contributed by atoms with Crippen LogP contribution < -0.4 is 10.6 Å². The molecule has 2 aromatic rings. The minimum Gasteiger partial charge on any atom is -0.330 e. The Bertz CT molecular complexity index is 693. The minimum atomic E-state index is -0.181. The van der Waals surface area contributed by atoms with E-state index in [1.165, 1.54) is 18.4 Å². The number of nitrogens with zero attached hydrogens (tertiary/aromatic N) is 1. The molecule has 124 valence electrons. The van der Waals surface area contributed by atoms with Gasteiger partial charge >= 0.3 is 6.03 Å². The summed E-state index contributed by atoms with van der Waals surface area (Å²) in [6, 6.07) is 16.0. The zero-order chi connectivity index (χ0) is 16.4. The average molecular weight is 321 g/mol. The van der Waals surface area contributed by atoms with Crippen molar-refractivity contribution in [1.29, 1.82) is 0 Å². The number of amides is 2. The Kier molecular flexibility index (Phi) is 3.97. The number of aromatic nitrogens is 1. The molecule has 2 N–H and O–H groups in total. The standard InChI is InChI=1S/C20H23N3O/c24-19(23-20(11-12-20)16-6-2-1-3-7-16)22-18(14-15-9-10-15)17-8-4-5-13-21-17/h1-8,13,15,18H,9-12,14H2,(H2,22,23,24). The maximum Gasteiger partial charge on any atom is 0.316 e. The van der Waals surface area contributed by atoms with Gasteiger partial charge in [0.1, 0.15) is 0 Å². The van der Waals surface area contributed by atoms with Gasteiger partial charge in [0.2, 0.25) is 0 Å². The van der Waals surface area contributed by atoms with Gasteiger partial charge < -0.3 is 10.6 Å². The van der Waals surface area contributed by atoms with E-state index in [-0.39, 0.29) is 17.6 Å². The van der Waals surface area contributed by atoms with Crippen molar-refractivity contribution in [1.82, 2.24) is 15.6 Å². The Labute approximate surface area is 142 Å². The molecule has 1 aromatic carbocycles. The highest BCUT2D eigenvalue weighted by atomic mass is 16.2. The predicted octanol–water partition coefficient (Wildman–Crippen LogP) is 3.91. The number of carbonyl (C=O) groups is 1. The fourth-order valence-electron chi connectivity index (χ4n) is 3.30. The summed E-state index contributed by atoms with van der Waals surface area (Å²) < 4.78 is 0. The van der Waals surface area contributed by atoms with E-state index in [1.54, 1.807) is 6.20 Å². The molecule has 24 heavy (non-hydrogen) atoms. The number of hydrogen-bond donors (Lipinski definition) is 2. The third-order valence-electron chi connectivity index (χ3n) is 5.05. The van der Waals surface area contributed by atoms with Crippen molar-refractivity contribution < 1.29 is 4.79 Å². The van der Waals surface area contributed by atoms with Gasteiger partial charge in [-0.2, -0.15) is 0 Å². The molecule has 2 fully saturated rings. The van der Waals surface area contributed by atoms with Gasteiger partial charge in [0.15, 0.2) is 0 Å². The van der Waals surface area contributed by atoms with Gasteiger partial charge in [0.25, 0.3) is 0 Å². The maximum atomic E-state index is 12.6. The first-order valence-corrected chi connectivity index (χ1v) is 8.80. The molecular weight excluding hydrogens is 298 g/mol. The van der Waals surface area contributed by atoms with Gasteiger partial charge in [-0.15, -0.1) is 0 Å². The van der Waals surface area contributed by atoms with Gasteiger partial charge in [-0.1, -0.05) is 49.2 Å². The first kappa shape index (κ1) is 15.2. The SMILES string of the molecule is O=C(NC(CC1CC1)c1ccccn1)NC1(c2ccccc2)CC1. The molecule has 2 aliphatic carbocycles. The molecule has 0 spiro atoms. The topological polar surface area (TPSA) is 54.0 Å². The summed E-state index contributed by atoms with van der Waals surface area (Å²) in [5, 5.41) is 6.36. The van der Waals surface area contributed by atoms with E-state index in [9.17, 15) is 4.79 Å². The first-order valence-electron chi connectivity index (χ1n) is 8.80. The molecule has 0 bridgehead atoms. The highest BCUT2D eigenvalue weighted by molar-refractivity contribution is 5.76. The number of rotatable bonds is 6. The van der Waals surface area contributed by atoms with Crippen molar-refractivity contribution >= 4 is 6.03 Å². The molecule has 1 unspecified atom stereocenters. The lowest BCUT2D eigenvalue weighted by Gasteiger charge is -2.22. The molecule has 4 nitrogen and oxygen atoms in total. The quantitative estimate of drug-likeness (QED) is 0.847. The van der Waals surface area contributed by atoms with Crippen LogP contribution in [-0.2, 0) is 5.54 Å². The summed E-state index contributed by atoms with van der Waals surface area (Å²) in [4.78, 5) is 17.0. The lowest BCUT2D eigenvalue weighted by Crippen LogP contribution is -2.43. The van der Waals surface area contributed by atoms with E-state index in [2.05, 4.69) is 27.8 Å². The Morgan fingerprint density at radius 2 is 1.88 bits per heavy atom. The lowest BCUT2D eigenvalue weighted by atomic mass is 10.0. The van der Waals surface area contributed by atoms with Crippen LogP contribution in [0.25, 0.3) is 0 Å². The Balaban J connectivity index is 1.44. The molecule has 1 heterocycles. The monoisotopic (exact) mass is 321 g/mol. The van der Waals surface area contributed by atoms with Crippen LogP contribution >= 0.6 is 0 Å². The van der Waals surface area contributed by atoms with Crippen LogP contribution in [0.3, 0.4) is 0 Å². The molecule has 2 amide bonds. The second-order valence-electron chi connectivity index (χ2n) is 7.03. The van der Waals surface area contributed by atoms with Crippen molar-refractivity contribution in [3.63, 3.8) is 0 Å². The third kappa shape index (κ3) is 3.42. The minimum absolute atomic E-state index is 0.00901. The molecule has 2 aliphatic rings. The number of urea groups is 1. The summed E-state index contributed by atoms with van der Waals surface area (Å²) in [5.74, 6) is 0.723. The second-order valence-corrected chi connectivity index (χ2v) is 7.03. The second kappa shape index (κ2) is 6.27. The highest BCUT2D eigenvalue weighted by Gasteiger charge is 2.45. The fraction of sp³-hybridized carbons (Fsp3) is 0.400. The summed E-state index contributed by atoms with van der Waals surface area (Å²) >= 11 is 0. The van der Waals surface area contributed by atoms with Crippen LogP contribution in [-0.4, -0.2) is 11.0 Å². The van der Waals surface area contributed by atoms with Crippen LogP contribution in [0, 0.1) is 5.92 Å². The fourth-order valence-corrected chi connectivity index (χ4v) is 3.30. The van der Waals surface area contributed by atoms with E-state index in [4.69, 9.17) is 0 Å². The number of pyridine rings is 1. The summed E-state index contributed by atoms with van der Waals surface area (Å²) in [7, 11) is 0. The number of hydrogen-bond acceptors (Lipinski definition) is 2. The van der Waals surface area contributed by atoms with Crippen LogP contribution in [0.1, 0.15) is 49.4 Å². The van der Waals surface area contributed by atoms with E-state index >= 15 is 0 Å². The van der Waals surface area contributed by atoms with E-state index < -0.39 is 0 Å².